The molecule has 2 aromatic rings. The minimum absolute atomic E-state index is 0.0200. The second-order valence-electron chi connectivity index (χ2n) is 5.25. The highest BCUT2D eigenvalue weighted by Gasteiger charge is 2.16. The molecule has 24 heavy (non-hydrogen) atoms. The lowest BCUT2D eigenvalue weighted by atomic mass is 10.1. The average Bonchev–Trinajstić information content (AvgIpc) is 2.89. The van der Waals surface area contributed by atoms with Gasteiger partial charge in [-0.2, -0.15) is 5.10 Å². The van der Waals surface area contributed by atoms with E-state index in [1.54, 1.807) is 43.1 Å². The van der Waals surface area contributed by atoms with Crippen LogP contribution in [0.3, 0.4) is 0 Å². The van der Waals surface area contributed by atoms with Crippen LogP contribution in [-0.4, -0.2) is 41.7 Å². The Morgan fingerprint density at radius 1 is 1.33 bits per heavy atom. The van der Waals surface area contributed by atoms with Gasteiger partial charge in [0.2, 0.25) is 0 Å². The normalized spacial score (nSPS) is 11.7. The fourth-order valence-corrected chi connectivity index (χ4v) is 2.29. The van der Waals surface area contributed by atoms with Gasteiger partial charge >= 0.3 is 6.03 Å². The van der Waals surface area contributed by atoms with Crippen LogP contribution in [0.2, 0.25) is 0 Å². The summed E-state index contributed by atoms with van der Waals surface area (Å²) in [6.07, 6.45) is -0.936. The first-order valence-corrected chi connectivity index (χ1v) is 7.40. The van der Waals surface area contributed by atoms with E-state index in [2.05, 4.69) is 15.7 Å². The van der Waals surface area contributed by atoms with Gasteiger partial charge in [-0.05, 0) is 25.1 Å². The first kappa shape index (κ1) is 17.6. The van der Waals surface area contributed by atoms with Gasteiger partial charge in [0.1, 0.15) is 23.4 Å². The van der Waals surface area contributed by atoms with Crippen LogP contribution >= 0.6 is 0 Å². The van der Waals surface area contributed by atoms with Gasteiger partial charge in [0.15, 0.2) is 0 Å². The lowest BCUT2D eigenvalue weighted by Crippen LogP contribution is -2.33. The van der Waals surface area contributed by atoms with E-state index in [-0.39, 0.29) is 6.54 Å². The highest BCUT2D eigenvalue weighted by atomic mass is 16.5. The quantitative estimate of drug-likeness (QED) is 0.745. The number of amides is 2. The number of aliphatic hydroxyl groups is 1. The molecule has 1 unspecified atom stereocenters. The molecule has 0 radical (unpaired) electrons. The summed E-state index contributed by atoms with van der Waals surface area (Å²) in [5.74, 6) is 1.69. The Bertz CT molecular complexity index is 714. The molecule has 2 amide bonds. The Kier molecular flexibility index (Phi) is 5.64. The Morgan fingerprint density at radius 2 is 2.08 bits per heavy atom. The van der Waals surface area contributed by atoms with Crippen molar-refractivity contribution in [2.45, 2.75) is 13.0 Å². The van der Waals surface area contributed by atoms with Gasteiger partial charge in [0.05, 0.1) is 19.9 Å². The molecule has 1 heterocycles. The smallest absolute Gasteiger partial charge is 0.320 e. The molecule has 0 spiro atoms. The summed E-state index contributed by atoms with van der Waals surface area (Å²) in [6, 6.07) is 6.43. The van der Waals surface area contributed by atoms with E-state index in [4.69, 9.17) is 9.47 Å². The Hall–Kier alpha value is -2.74. The third-order valence-electron chi connectivity index (χ3n) is 3.50. The Labute approximate surface area is 140 Å². The maximum atomic E-state index is 12.0. The molecule has 0 aliphatic heterocycles. The number of carbonyl (C=O) groups is 1. The number of ether oxygens (including phenoxy) is 2. The van der Waals surface area contributed by atoms with Gasteiger partial charge < -0.3 is 19.9 Å². The number of aryl methyl sites for hydroxylation is 2. The van der Waals surface area contributed by atoms with Gasteiger partial charge in [-0.3, -0.25) is 10.00 Å². The molecule has 0 aliphatic carbocycles. The molecule has 0 saturated heterocycles. The predicted octanol–water partition coefficient (Wildman–Crippen LogP) is 1.60. The number of urea groups is 1. The molecule has 1 aromatic heterocycles. The van der Waals surface area contributed by atoms with E-state index in [1.165, 1.54) is 7.11 Å². The van der Waals surface area contributed by atoms with Crippen LogP contribution in [0.5, 0.6) is 11.5 Å². The SMILES string of the molecule is COc1ccc(OC)c(C(O)CNC(=O)Nc2cc(C)nn2C)c1. The number of nitrogens with zero attached hydrogens (tertiary/aromatic N) is 2. The summed E-state index contributed by atoms with van der Waals surface area (Å²) in [6.45, 7) is 1.86. The molecule has 0 aliphatic rings. The minimum Gasteiger partial charge on any atom is -0.497 e. The maximum absolute atomic E-state index is 12.0. The number of hydrogen-bond acceptors (Lipinski definition) is 5. The lowest BCUT2D eigenvalue weighted by molar-refractivity contribution is 0.170. The van der Waals surface area contributed by atoms with E-state index >= 15 is 0 Å². The molecule has 130 valence electrons. The fraction of sp³-hybridized carbons (Fsp3) is 0.375. The lowest BCUT2D eigenvalue weighted by Gasteiger charge is -2.16. The van der Waals surface area contributed by atoms with Crippen LogP contribution in [0.1, 0.15) is 17.4 Å². The second-order valence-corrected chi connectivity index (χ2v) is 5.25. The molecule has 1 atom stereocenters. The molecule has 0 bridgehead atoms. The number of carbonyl (C=O) groups excluding carboxylic acids is 1. The number of aromatic nitrogens is 2. The number of anilines is 1. The van der Waals surface area contributed by atoms with Crippen molar-refractivity contribution in [3.63, 3.8) is 0 Å². The summed E-state index contributed by atoms with van der Waals surface area (Å²) in [4.78, 5) is 12.0. The van der Waals surface area contributed by atoms with E-state index in [9.17, 15) is 9.90 Å². The van der Waals surface area contributed by atoms with Crippen molar-refractivity contribution in [2.24, 2.45) is 7.05 Å². The van der Waals surface area contributed by atoms with Gasteiger partial charge in [0.25, 0.3) is 0 Å². The summed E-state index contributed by atoms with van der Waals surface area (Å²) in [5.41, 5.74) is 1.34. The zero-order valence-electron chi connectivity index (χ0n) is 14.2. The number of hydrogen-bond donors (Lipinski definition) is 3. The molecular formula is C16H22N4O4. The predicted molar refractivity (Wildman–Crippen MR) is 89.5 cm³/mol. The molecule has 8 nitrogen and oxygen atoms in total. The van der Waals surface area contributed by atoms with Crippen molar-refractivity contribution in [2.75, 3.05) is 26.1 Å². The van der Waals surface area contributed by atoms with Crippen LogP contribution in [-0.2, 0) is 7.05 Å². The number of aliphatic hydroxyl groups excluding tert-OH is 1. The van der Waals surface area contributed by atoms with Crippen LogP contribution in [0.15, 0.2) is 24.3 Å². The van der Waals surface area contributed by atoms with Gasteiger partial charge in [0, 0.05) is 25.2 Å². The third-order valence-corrected chi connectivity index (χ3v) is 3.50. The molecule has 8 heteroatoms. The zero-order chi connectivity index (χ0) is 17.7. The van der Waals surface area contributed by atoms with Crippen molar-refractivity contribution in [1.82, 2.24) is 15.1 Å². The molecule has 0 saturated carbocycles. The third kappa shape index (κ3) is 4.17. The average molecular weight is 334 g/mol. The highest BCUT2D eigenvalue weighted by Crippen LogP contribution is 2.29. The first-order valence-electron chi connectivity index (χ1n) is 7.40. The molecule has 3 N–H and O–H groups in total. The topological polar surface area (TPSA) is 97.6 Å². The summed E-state index contributed by atoms with van der Waals surface area (Å²) < 4.78 is 11.9. The van der Waals surface area contributed by atoms with Crippen molar-refractivity contribution >= 4 is 11.8 Å². The first-order chi connectivity index (χ1) is 11.4. The fourth-order valence-electron chi connectivity index (χ4n) is 2.29. The van der Waals surface area contributed by atoms with Crippen LogP contribution in [0.25, 0.3) is 0 Å². The number of rotatable bonds is 6. The molecule has 2 rings (SSSR count). The van der Waals surface area contributed by atoms with Gasteiger partial charge in [-0.25, -0.2) is 4.79 Å². The van der Waals surface area contributed by atoms with Crippen LogP contribution in [0.4, 0.5) is 10.6 Å². The van der Waals surface area contributed by atoms with E-state index in [1.807, 2.05) is 6.92 Å². The number of nitrogens with one attached hydrogen (secondary N) is 2. The molecular weight excluding hydrogens is 312 g/mol. The van der Waals surface area contributed by atoms with Gasteiger partial charge in [-0.1, -0.05) is 0 Å². The molecule has 1 aromatic carbocycles. The monoisotopic (exact) mass is 334 g/mol. The number of methoxy groups -OCH3 is 2. The van der Waals surface area contributed by atoms with E-state index in [0.717, 1.165) is 5.69 Å². The van der Waals surface area contributed by atoms with E-state index in [0.29, 0.717) is 22.9 Å². The van der Waals surface area contributed by atoms with Crippen molar-refractivity contribution in [3.8, 4) is 11.5 Å². The van der Waals surface area contributed by atoms with Gasteiger partial charge in [-0.15, -0.1) is 0 Å². The van der Waals surface area contributed by atoms with Crippen LogP contribution in [0, 0.1) is 6.92 Å². The summed E-state index contributed by atoms with van der Waals surface area (Å²) in [5, 5.41) is 19.8. The largest absolute Gasteiger partial charge is 0.497 e. The van der Waals surface area contributed by atoms with E-state index < -0.39 is 12.1 Å². The highest BCUT2D eigenvalue weighted by molar-refractivity contribution is 5.88. The Morgan fingerprint density at radius 3 is 2.67 bits per heavy atom. The van der Waals surface area contributed by atoms with Crippen LogP contribution < -0.4 is 20.1 Å². The zero-order valence-corrected chi connectivity index (χ0v) is 14.2. The maximum Gasteiger partial charge on any atom is 0.320 e. The minimum atomic E-state index is -0.936. The Balaban J connectivity index is 1.98. The molecule has 0 fully saturated rings. The summed E-state index contributed by atoms with van der Waals surface area (Å²) in [7, 11) is 4.79. The standard InChI is InChI=1S/C16H22N4O4/c1-10-7-15(20(2)19-10)18-16(22)17-9-13(21)12-8-11(23-3)5-6-14(12)24-4/h5-8,13,21H,9H2,1-4H3,(H2,17,18,22). The van der Waals surface area contributed by atoms with Crippen molar-refractivity contribution in [1.29, 1.82) is 0 Å². The summed E-state index contributed by atoms with van der Waals surface area (Å²) >= 11 is 0. The number of benzene rings is 1. The van der Waals surface area contributed by atoms with Crippen molar-refractivity contribution in [3.05, 3.63) is 35.5 Å². The van der Waals surface area contributed by atoms with Crippen molar-refractivity contribution < 1.29 is 19.4 Å². The second kappa shape index (κ2) is 7.69.